The molecule has 3 aromatic rings. The Morgan fingerprint density at radius 1 is 1.00 bits per heavy atom. The maximum atomic E-state index is 14.5. The van der Waals surface area contributed by atoms with Gasteiger partial charge in [-0.1, -0.05) is 32.1 Å². The van der Waals surface area contributed by atoms with Crippen LogP contribution in [-0.2, 0) is 30.5 Å². The van der Waals surface area contributed by atoms with Crippen LogP contribution in [0.2, 0.25) is 0 Å². The smallest absolute Gasteiger partial charge is 0.232 e. The van der Waals surface area contributed by atoms with Crippen LogP contribution in [0.5, 0.6) is 5.75 Å². The van der Waals surface area contributed by atoms with Crippen molar-refractivity contribution in [2.45, 2.75) is 71.1 Å². The third-order valence-electron chi connectivity index (χ3n) is 8.15. The fourth-order valence-corrected chi connectivity index (χ4v) is 5.79. The Bertz CT molecular complexity index is 1410. The van der Waals surface area contributed by atoms with Gasteiger partial charge in [0.25, 0.3) is 0 Å². The molecule has 2 aromatic carbocycles. The van der Waals surface area contributed by atoms with E-state index in [4.69, 9.17) is 9.97 Å². The van der Waals surface area contributed by atoms with E-state index in [2.05, 4.69) is 0 Å². The Morgan fingerprint density at radius 2 is 1.72 bits per heavy atom. The highest BCUT2D eigenvalue weighted by molar-refractivity contribution is 5.94. The van der Waals surface area contributed by atoms with E-state index < -0.39 is 46.7 Å². The van der Waals surface area contributed by atoms with Crippen molar-refractivity contribution >= 4 is 11.7 Å². The normalized spacial score (nSPS) is 15.1. The molecular weight excluding hydrogens is 510 g/mol. The summed E-state index contributed by atoms with van der Waals surface area (Å²) in [6.07, 6.45) is 7.91. The number of hydrogen-bond donors (Lipinski definition) is 1. The van der Waals surface area contributed by atoms with Crippen molar-refractivity contribution in [3.8, 4) is 17.0 Å². The van der Waals surface area contributed by atoms with Crippen molar-refractivity contribution in [3.05, 3.63) is 69.5 Å². The van der Waals surface area contributed by atoms with Crippen LogP contribution < -0.4 is 4.90 Å². The number of phenolic OH excluding ortho intramolecular Hbond substituents is 1. The van der Waals surface area contributed by atoms with Gasteiger partial charge in [-0.15, -0.1) is 0 Å². The second kappa shape index (κ2) is 10.9. The highest BCUT2D eigenvalue weighted by atomic mass is 19.2. The summed E-state index contributed by atoms with van der Waals surface area (Å²) in [5.41, 5.74) is 2.92. The number of carbonyl (C=O) groups excluding carboxylic acids is 1. The number of rotatable bonds is 6. The third-order valence-corrected chi connectivity index (χ3v) is 8.15. The van der Waals surface area contributed by atoms with Gasteiger partial charge in [0.05, 0.1) is 23.5 Å². The summed E-state index contributed by atoms with van der Waals surface area (Å²) in [5.74, 6) is -6.48. The molecule has 0 aliphatic heterocycles. The van der Waals surface area contributed by atoms with E-state index >= 15 is 0 Å². The van der Waals surface area contributed by atoms with E-state index in [9.17, 15) is 27.5 Å². The molecule has 0 saturated heterocycles. The van der Waals surface area contributed by atoms with Gasteiger partial charge in [0, 0.05) is 18.2 Å². The Kier molecular flexibility index (Phi) is 7.60. The molecule has 1 saturated carbocycles. The minimum absolute atomic E-state index is 0.181. The Balaban J connectivity index is 1.50. The maximum absolute atomic E-state index is 14.5. The van der Waals surface area contributed by atoms with E-state index in [-0.39, 0.29) is 5.75 Å². The molecule has 0 unspecified atom stereocenters. The second-order valence-electron chi connectivity index (χ2n) is 10.7. The lowest BCUT2D eigenvalue weighted by atomic mass is 9.85. The number of halogens is 4. The van der Waals surface area contributed by atoms with Gasteiger partial charge in [-0.05, 0) is 67.9 Å². The predicted molar refractivity (Wildman–Crippen MR) is 140 cm³/mol. The summed E-state index contributed by atoms with van der Waals surface area (Å²) in [5, 5.41) is 9.93. The average Bonchev–Trinajstić information content (AvgIpc) is 2.95. The van der Waals surface area contributed by atoms with Crippen LogP contribution in [-0.4, -0.2) is 28.0 Å². The summed E-state index contributed by atoms with van der Waals surface area (Å²) in [6.45, 7) is 1.12. The van der Waals surface area contributed by atoms with Crippen molar-refractivity contribution in [2.24, 2.45) is 5.92 Å². The van der Waals surface area contributed by atoms with Crippen LogP contribution in [0.15, 0.2) is 18.2 Å². The lowest BCUT2D eigenvalue weighted by molar-refractivity contribution is -0.117. The van der Waals surface area contributed by atoms with E-state index in [0.29, 0.717) is 48.1 Å². The highest BCUT2D eigenvalue weighted by Gasteiger charge is 2.29. The number of aromatic nitrogens is 2. The number of carbonyl (C=O) groups is 1. The molecule has 2 aliphatic rings. The molecular formula is C30H31F4N3O2. The molecule has 1 fully saturated rings. The molecule has 0 atom stereocenters. The first-order valence-corrected chi connectivity index (χ1v) is 13.5. The van der Waals surface area contributed by atoms with Gasteiger partial charge in [0.2, 0.25) is 5.91 Å². The lowest BCUT2D eigenvalue weighted by Crippen LogP contribution is -2.31. The Morgan fingerprint density at radius 3 is 2.46 bits per heavy atom. The maximum Gasteiger partial charge on any atom is 0.232 e. The average molecular weight is 542 g/mol. The molecule has 0 spiro atoms. The standard InChI is InChI=1S/C30H31F4N3O2/c1-16-21(26(32)28(34)27(33)25(16)31)15-24(39)37(2)30-23(12-8-17-6-4-3-5-7-17)35-29-20-11-10-19(38)14-18(20)9-13-22(29)36-30/h10-11,14,17,38H,3-9,12-13,15H2,1-2H3. The molecule has 5 nitrogen and oxygen atoms in total. The molecule has 1 amide bonds. The number of likely N-dealkylation sites (N-methyl/N-ethyl adjacent to an activating group) is 1. The van der Waals surface area contributed by atoms with Gasteiger partial charge in [-0.25, -0.2) is 27.5 Å². The fourth-order valence-electron chi connectivity index (χ4n) is 5.79. The van der Waals surface area contributed by atoms with Gasteiger partial charge in [0.1, 0.15) is 5.75 Å². The zero-order chi connectivity index (χ0) is 27.8. The van der Waals surface area contributed by atoms with Crippen LogP contribution in [0.3, 0.4) is 0 Å². The first-order valence-electron chi connectivity index (χ1n) is 13.5. The molecule has 0 radical (unpaired) electrons. The number of anilines is 1. The SMILES string of the molecule is Cc1c(F)c(F)c(F)c(F)c1CC(=O)N(C)c1nc2c(nc1CCC1CCCCC1)-c1ccc(O)cc1CC2. The zero-order valence-corrected chi connectivity index (χ0v) is 22.1. The zero-order valence-electron chi connectivity index (χ0n) is 22.1. The summed E-state index contributed by atoms with van der Waals surface area (Å²) in [4.78, 5) is 24.4. The summed E-state index contributed by atoms with van der Waals surface area (Å²) in [7, 11) is 1.49. The molecule has 2 aliphatic carbocycles. The summed E-state index contributed by atoms with van der Waals surface area (Å²) in [6, 6.07) is 5.15. The van der Waals surface area contributed by atoms with E-state index in [1.54, 1.807) is 12.1 Å². The predicted octanol–water partition coefficient (Wildman–Crippen LogP) is 6.53. The van der Waals surface area contributed by atoms with Gasteiger partial charge < -0.3 is 5.11 Å². The number of fused-ring (bicyclic) bond motifs is 3. The van der Waals surface area contributed by atoms with Gasteiger partial charge in [-0.2, -0.15) is 0 Å². The lowest BCUT2D eigenvalue weighted by Gasteiger charge is -2.26. The van der Waals surface area contributed by atoms with Gasteiger partial charge >= 0.3 is 0 Å². The topological polar surface area (TPSA) is 66.3 Å². The number of aryl methyl sites for hydroxylation is 3. The van der Waals surface area contributed by atoms with Crippen LogP contribution in [0.1, 0.15) is 66.6 Å². The first kappa shape index (κ1) is 27.1. The second-order valence-corrected chi connectivity index (χ2v) is 10.7. The molecule has 1 heterocycles. The van der Waals surface area contributed by atoms with E-state index in [0.717, 1.165) is 37.3 Å². The third kappa shape index (κ3) is 5.23. The minimum Gasteiger partial charge on any atom is -0.508 e. The van der Waals surface area contributed by atoms with Crippen molar-refractivity contribution in [3.63, 3.8) is 0 Å². The monoisotopic (exact) mass is 541 g/mol. The molecule has 0 bridgehead atoms. The highest BCUT2D eigenvalue weighted by Crippen LogP contribution is 2.36. The molecule has 9 heteroatoms. The number of hydrogen-bond acceptors (Lipinski definition) is 4. The van der Waals surface area contributed by atoms with Crippen LogP contribution >= 0.6 is 0 Å². The first-order chi connectivity index (χ1) is 18.7. The number of nitrogens with zero attached hydrogens (tertiary/aromatic N) is 3. The van der Waals surface area contributed by atoms with Crippen molar-refractivity contribution in [1.82, 2.24) is 9.97 Å². The fraction of sp³-hybridized carbons (Fsp3) is 0.433. The Hall–Kier alpha value is -3.49. The van der Waals surface area contributed by atoms with Crippen LogP contribution in [0.25, 0.3) is 11.3 Å². The number of phenols is 1. The molecule has 1 aromatic heterocycles. The quantitative estimate of drug-likeness (QED) is 0.219. The minimum atomic E-state index is -1.94. The summed E-state index contributed by atoms with van der Waals surface area (Å²) >= 11 is 0. The van der Waals surface area contributed by atoms with Crippen molar-refractivity contribution < 1.29 is 27.5 Å². The van der Waals surface area contributed by atoms with Crippen LogP contribution in [0, 0.1) is 36.1 Å². The molecule has 1 N–H and O–H groups in total. The molecule has 206 valence electrons. The largest absolute Gasteiger partial charge is 0.508 e. The van der Waals surface area contributed by atoms with Crippen LogP contribution in [0.4, 0.5) is 23.4 Å². The molecule has 39 heavy (non-hydrogen) atoms. The Labute approximate surface area is 224 Å². The van der Waals surface area contributed by atoms with E-state index in [1.165, 1.54) is 31.2 Å². The number of benzene rings is 2. The van der Waals surface area contributed by atoms with Gasteiger partial charge in [0.15, 0.2) is 29.1 Å². The summed E-state index contributed by atoms with van der Waals surface area (Å²) < 4.78 is 56.3. The molecule has 5 rings (SSSR count). The van der Waals surface area contributed by atoms with Gasteiger partial charge in [-0.3, -0.25) is 9.69 Å². The number of amides is 1. The van der Waals surface area contributed by atoms with Crippen molar-refractivity contribution in [1.29, 1.82) is 0 Å². The van der Waals surface area contributed by atoms with E-state index in [1.807, 2.05) is 6.07 Å². The van der Waals surface area contributed by atoms with Crippen molar-refractivity contribution in [2.75, 3.05) is 11.9 Å². The number of aromatic hydroxyl groups is 1.